The van der Waals surface area contributed by atoms with Crippen molar-refractivity contribution in [2.24, 2.45) is 0 Å². The number of aromatic amines is 1. The summed E-state index contributed by atoms with van der Waals surface area (Å²) in [5, 5.41) is 14.9. The first kappa shape index (κ1) is 16.4. The van der Waals surface area contributed by atoms with Gasteiger partial charge >= 0.3 is 0 Å². The van der Waals surface area contributed by atoms with Gasteiger partial charge in [-0.15, -0.1) is 0 Å². The van der Waals surface area contributed by atoms with Gasteiger partial charge in [0.1, 0.15) is 11.5 Å². The smallest absolute Gasteiger partial charge is 0.230 e. The zero-order chi connectivity index (χ0) is 18.2. The molecule has 140 valence electrons. The molecule has 0 radical (unpaired) electrons. The molecule has 1 fully saturated rings. The van der Waals surface area contributed by atoms with Crippen LogP contribution in [0.25, 0.3) is 11.5 Å². The van der Waals surface area contributed by atoms with Gasteiger partial charge in [-0.05, 0) is 31.7 Å². The highest BCUT2D eigenvalue weighted by atomic mass is 16.5. The van der Waals surface area contributed by atoms with E-state index in [0.717, 1.165) is 62.6 Å². The molecule has 4 heterocycles. The fourth-order valence-corrected chi connectivity index (χ4v) is 3.85. The Morgan fingerprint density at radius 1 is 1.19 bits per heavy atom. The van der Waals surface area contributed by atoms with E-state index in [2.05, 4.69) is 47.4 Å². The number of fused-ring (bicyclic) bond motifs is 1. The summed E-state index contributed by atoms with van der Waals surface area (Å²) >= 11 is 0. The summed E-state index contributed by atoms with van der Waals surface area (Å²) in [7, 11) is 0. The lowest BCUT2D eigenvalue weighted by Gasteiger charge is -2.27. The summed E-state index contributed by atoms with van der Waals surface area (Å²) in [5.41, 5.74) is 4.22. The molecule has 5 rings (SSSR count). The van der Waals surface area contributed by atoms with E-state index in [1.807, 2.05) is 0 Å². The van der Waals surface area contributed by atoms with E-state index < -0.39 is 0 Å². The molecular weight excluding hydrogens is 344 g/mol. The van der Waals surface area contributed by atoms with Gasteiger partial charge in [0.05, 0.1) is 18.1 Å². The SMILES string of the molecule is Cc1[nH]nc2c1CC(c1nc(-c3cnc(N4CCNCC4)cn3)no1)CC2. The third-order valence-electron chi connectivity index (χ3n) is 5.44. The lowest BCUT2D eigenvalue weighted by molar-refractivity contribution is 0.340. The van der Waals surface area contributed by atoms with E-state index in [4.69, 9.17) is 4.52 Å². The van der Waals surface area contributed by atoms with Crippen LogP contribution in [0.2, 0.25) is 0 Å². The predicted octanol–water partition coefficient (Wildman–Crippen LogP) is 1.24. The molecule has 1 saturated heterocycles. The highest BCUT2D eigenvalue weighted by Crippen LogP contribution is 2.33. The molecule has 0 amide bonds. The maximum absolute atomic E-state index is 5.56. The van der Waals surface area contributed by atoms with Crippen LogP contribution in [0.15, 0.2) is 16.9 Å². The summed E-state index contributed by atoms with van der Waals surface area (Å²) in [6, 6.07) is 0. The van der Waals surface area contributed by atoms with E-state index in [1.165, 1.54) is 5.56 Å². The van der Waals surface area contributed by atoms with Gasteiger partial charge in [0.15, 0.2) is 0 Å². The summed E-state index contributed by atoms with van der Waals surface area (Å²) in [4.78, 5) is 15.9. The summed E-state index contributed by atoms with van der Waals surface area (Å²) < 4.78 is 5.56. The fraction of sp³-hybridized carbons (Fsp3) is 0.500. The molecule has 27 heavy (non-hydrogen) atoms. The number of H-pyrrole nitrogens is 1. The highest BCUT2D eigenvalue weighted by molar-refractivity contribution is 5.49. The van der Waals surface area contributed by atoms with E-state index >= 15 is 0 Å². The van der Waals surface area contributed by atoms with E-state index in [0.29, 0.717) is 17.4 Å². The average molecular weight is 366 g/mol. The van der Waals surface area contributed by atoms with Crippen LogP contribution in [0.3, 0.4) is 0 Å². The van der Waals surface area contributed by atoms with Crippen LogP contribution in [0, 0.1) is 6.92 Å². The third kappa shape index (κ3) is 3.08. The summed E-state index contributed by atoms with van der Waals surface area (Å²) in [6.07, 6.45) is 6.30. The molecular formula is C18H22N8O. The molecule has 0 bridgehead atoms. The van der Waals surface area contributed by atoms with Crippen LogP contribution in [0.1, 0.15) is 35.2 Å². The second kappa shape index (κ2) is 6.73. The first-order chi connectivity index (χ1) is 13.3. The van der Waals surface area contributed by atoms with Crippen LogP contribution in [0.5, 0.6) is 0 Å². The third-order valence-corrected chi connectivity index (χ3v) is 5.44. The van der Waals surface area contributed by atoms with E-state index in [1.54, 1.807) is 12.4 Å². The van der Waals surface area contributed by atoms with Crippen molar-refractivity contribution in [3.8, 4) is 11.5 Å². The van der Waals surface area contributed by atoms with Crippen molar-refractivity contribution in [3.05, 3.63) is 35.2 Å². The molecule has 0 aromatic carbocycles. The molecule has 3 aromatic heterocycles. The molecule has 9 nitrogen and oxygen atoms in total. The van der Waals surface area contributed by atoms with Crippen LogP contribution in [0.4, 0.5) is 5.82 Å². The Balaban J connectivity index is 1.33. The second-order valence-corrected chi connectivity index (χ2v) is 7.17. The number of anilines is 1. The van der Waals surface area contributed by atoms with Crippen molar-refractivity contribution in [1.82, 2.24) is 35.6 Å². The Bertz CT molecular complexity index is 925. The van der Waals surface area contributed by atoms with Crippen molar-refractivity contribution in [3.63, 3.8) is 0 Å². The number of piperazine rings is 1. The predicted molar refractivity (Wildman–Crippen MR) is 98.5 cm³/mol. The van der Waals surface area contributed by atoms with Gasteiger partial charge < -0.3 is 14.7 Å². The standard InChI is InChI=1S/C18H22N8O/c1-11-13-8-12(2-3-14(13)24-23-11)18-22-17(25-27-18)15-9-21-16(10-20-15)26-6-4-19-5-7-26/h9-10,12,19H,2-8H2,1H3,(H,23,24). The minimum atomic E-state index is 0.225. The van der Waals surface area contributed by atoms with E-state index in [9.17, 15) is 0 Å². The molecule has 1 aliphatic heterocycles. The maximum atomic E-state index is 5.56. The molecule has 1 unspecified atom stereocenters. The minimum Gasteiger partial charge on any atom is -0.353 e. The Kier molecular flexibility index (Phi) is 4.08. The topological polar surface area (TPSA) is 109 Å². The molecule has 9 heteroatoms. The largest absolute Gasteiger partial charge is 0.353 e. The second-order valence-electron chi connectivity index (χ2n) is 7.17. The molecule has 0 saturated carbocycles. The number of hydrogen-bond acceptors (Lipinski definition) is 8. The molecule has 0 spiro atoms. The molecule has 1 atom stereocenters. The van der Waals surface area contributed by atoms with Gasteiger partial charge in [0, 0.05) is 37.8 Å². The first-order valence-electron chi connectivity index (χ1n) is 9.42. The van der Waals surface area contributed by atoms with Crippen LogP contribution >= 0.6 is 0 Å². The molecule has 2 aliphatic rings. The minimum absolute atomic E-state index is 0.225. The Morgan fingerprint density at radius 2 is 2.07 bits per heavy atom. The normalized spacial score (nSPS) is 19.9. The Labute approximate surface area is 156 Å². The summed E-state index contributed by atoms with van der Waals surface area (Å²) in [5.74, 6) is 2.28. The number of nitrogens with zero attached hydrogens (tertiary/aromatic N) is 6. The zero-order valence-corrected chi connectivity index (χ0v) is 15.3. The van der Waals surface area contributed by atoms with Crippen molar-refractivity contribution >= 4 is 5.82 Å². The van der Waals surface area contributed by atoms with Crippen LogP contribution in [-0.2, 0) is 12.8 Å². The van der Waals surface area contributed by atoms with Crippen molar-refractivity contribution in [2.45, 2.75) is 32.1 Å². The molecule has 1 aliphatic carbocycles. The van der Waals surface area contributed by atoms with Crippen LogP contribution in [-0.4, -0.2) is 56.5 Å². The first-order valence-corrected chi connectivity index (χ1v) is 9.42. The summed E-state index contributed by atoms with van der Waals surface area (Å²) in [6.45, 7) is 5.88. The van der Waals surface area contributed by atoms with E-state index in [-0.39, 0.29) is 5.92 Å². The van der Waals surface area contributed by atoms with Crippen LogP contribution < -0.4 is 10.2 Å². The number of nitrogens with one attached hydrogen (secondary N) is 2. The fourth-order valence-electron chi connectivity index (χ4n) is 3.85. The molecule has 2 N–H and O–H groups in total. The number of rotatable bonds is 3. The van der Waals surface area contributed by atoms with Crippen molar-refractivity contribution < 1.29 is 4.52 Å². The van der Waals surface area contributed by atoms with Gasteiger partial charge in [-0.25, -0.2) is 9.97 Å². The molecule has 3 aromatic rings. The lowest BCUT2D eigenvalue weighted by Crippen LogP contribution is -2.43. The highest BCUT2D eigenvalue weighted by Gasteiger charge is 2.28. The lowest BCUT2D eigenvalue weighted by atomic mass is 9.86. The number of aryl methyl sites for hydroxylation is 2. The maximum Gasteiger partial charge on any atom is 0.230 e. The average Bonchev–Trinajstić information content (AvgIpc) is 3.36. The van der Waals surface area contributed by atoms with Gasteiger partial charge in [-0.2, -0.15) is 10.1 Å². The quantitative estimate of drug-likeness (QED) is 0.713. The monoisotopic (exact) mass is 366 g/mol. The van der Waals surface area contributed by atoms with Crippen molar-refractivity contribution in [2.75, 3.05) is 31.1 Å². The number of aromatic nitrogens is 6. The zero-order valence-electron chi connectivity index (χ0n) is 15.3. The van der Waals surface area contributed by atoms with Gasteiger partial charge in [0.25, 0.3) is 0 Å². The van der Waals surface area contributed by atoms with Crippen molar-refractivity contribution in [1.29, 1.82) is 0 Å². The van der Waals surface area contributed by atoms with Gasteiger partial charge in [-0.3, -0.25) is 5.10 Å². The van der Waals surface area contributed by atoms with Gasteiger partial charge in [-0.1, -0.05) is 5.16 Å². The van der Waals surface area contributed by atoms with Gasteiger partial charge in [0.2, 0.25) is 11.7 Å². The Morgan fingerprint density at radius 3 is 2.89 bits per heavy atom. The Hall–Kier alpha value is -2.81. The number of hydrogen-bond donors (Lipinski definition) is 2.